The number of H-pyrrole nitrogens is 1. The van der Waals surface area contributed by atoms with Crippen LogP contribution in [-0.2, 0) is 16.1 Å². The zero-order valence-electron chi connectivity index (χ0n) is 7.66. The van der Waals surface area contributed by atoms with Crippen molar-refractivity contribution in [2.75, 3.05) is 6.61 Å². The Morgan fingerprint density at radius 3 is 2.85 bits per heavy atom. The number of hydrogen-bond acceptors (Lipinski definition) is 3. The molecule has 5 heteroatoms. The van der Waals surface area contributed by atoms with E-state index in [4.69, 9.17) is 4.74 Å². The molecule has 0 saturated carbocycles. The number of aromatic amines is 1. The summed E-state index contributed by atoms with van der Waals surface area (Å²) in [5.74, 6) is -0.411. The molecule has 0 bridgehead atoms. The molecule has 13 heavy (non-hydrogen) atoms. The van der Waals surface area contributed by atoms with Gasteiger partial charge in [0.25, 0.3) is 5.56 Å². The summed E-state index contributed by atoms with van der Waals surface area (Å²) in [6, 6.07) is 1.43. The van der Waals surface area contributed by atoms with Gasteiger partial charge < -0.3 is 4.74 Å². The highest BCUT2D eigenvalue weighted by atomic mass is 16.5. The number of carbonyl (C=O) groups excluding carboxylic acids is 1. The number of esters is 1. The van der Waals surface area contributed by atoms with Crippen LogP contribution in [0.5, 0.6) is 0 Å². The summed E-state index contributed by atoms with van der Waals surface area (Å²) in [5, 5.41) is 2.74. The van der Waals surface area contributed by atoms with Crippen molar-refractivity contribution in [1.29, 1.82) is 0 Å². The van der Waals surface area contributed by atoms with Crippen LogP contribution in [0.2, 0.25) is 0 Å². The molecular formula is C8H12N2O3. The second-order valence-electron chi connectivity index (χ2n) is 2.67. The molecule has 1 N–H and O–H groups in total. The molecule has 0 atom stereocenters. The van der Waals surface area contributed by atoms with Gasteiger partial charge in [0.05, 0.1) is 6.61 Å². The first-order valence-corrected chi connectivity index (χ1v) is 4.05. The van der Waals surface area contributed by atoms with Gasteiger partial charge in [-0.3, -0.25) is 14.7 Å². The maximum atomic E-state index is 11.1. The molecule has 0 aliphatic carbocycles. The summed E-state index contributed by atoms with van der Waals surface area (Å²) in [4.78, 5) is 22.1. The van der Waals surface area contributed by atoms with Crippen LogP contribution >= 0.6 is 0 Å². The summed E-state index contributed by atoms with van der Waals surface area (Å²) in [7, 11) is 0. The van der Waals surface area contributed by atoms with Crippen molar-refractivity contribution in [2.24, 2.45) is 0 Å². The number of carbonyl (C=O) groups is 1. The number of nitrogens with one attached hydrogen (secondary N) is 1. The van der Waals surface area contributed by atoms with Crippen LogP contribution in [0.4, 0.5) is 0 Å². The second kappa shape index (κ2) is 3.93. The van der Waals surface area contributed by atoms with Crippen molar-refractivity contribution in [2.45, 2.75) is 20.4 Å². The summed E-state index contributed by atoms with van der Waals surface area (Å²) in [5.41, 5.74) is 0.514. The summed E-state index contributed by atoms with van der Waals surface area (Å²) in [6.45, 7) is 3.75. The van der Waals surface area contributed by atoms with E-state index < -0.39 is 5.97 Å². The highest BCUT2D eigenvalue weighted by Gasteiger charge is 2.05. The lowest BCUT2D eigenvalue weighted by molar-refractivity contribution is -0.144. The number of aromatic nitrogens is 2. The van der Waals surface area contributed by atoms with E-state index in [2.05, 4.69) is 5.10 Å². The molecule has 0 radical (unpaired) electrons. The van der Waals surface area contributed by atoms with Crippen LogP contribution in [0, 0.1) is 6.92 Å². The van der Waals surface area contributed by atoms with Crippen LogP contribution in [-0.4, -0.2) is 22.4 Å². The fourth-order valence-corrected chi connectivity index (χ4v) is 1.02. The molecule has 1 rings (SSSR count). The minimum absolute atomic E-state index is 0.0550. The van der Waals surface area contributed by atoms with Gasteiger partial charge in [0.2, 0.25) is 0 Å². The second-order valence-corrected chi connectivity index (χ2v) is 2.67. The van der Waals surface area contributed by atoms with Gasteiger partial charge in [0.1, 0.15) is 6.54 Å². The quantitative estimate of drug-likeness (QED) is 0.675. The van der Waals surface area contributed by atoms with Gasteiger partial charge in [0, 0.05) is 11.8 Å². The standard InChI is InChI=1S/C8H12N2O3/c1-3-13-8(12)5-10-7(11)4-6(2)9-10/h4,9H,3,5H2,1-2H3. The molecule has 1 heterocycles. The van der Waals surface area contributed by atoms with Crippen molar-refractivity contribution in [1.82, 2.24) is 9.78 Å². The first kappa shape index (κ1) is 9.57. The molecular weight excluding hydrogens is 172 g/mol. The molecule has 1 aromatic heterocycles. The Kier molecular flexibility index (Phi) is 2.89. The monoisotopic (exact) mass is 184 g/mol. The summed E-state index contributed by atoms with van der Waals surface area (Å²) >= 11 is 0. The lowest BCUT2D eigenvalue weighted by Gasteiger charge is -2.01. The van der Waals surface area contributed by atoms with E-state index in [0.29, 0.717) is 6.61 Å². The van der Waals surface area contributed by atoms with Gasteiger partial charge in [-0.1, -0.05) is 0 Å². The normalized spacial score (nSPS) is 10.0. The molecule has 0 aliphatic heterocycles. The molecule has 0 aliphatic rings. The van der Waals surface area contributed by atoms with E-state index in [0.717, 1.165) is 5.69 Å². The third-order valence-corrected chi connectivity index (χ3v) is 1.51. The van der Waals surface area contributed by atoms with Gasteiger partial charge in [-0.2, -0.15) is 0 Å². The fourth-order valence-electron chi connectivity index (χ4n) is 1.02. The van der Waals surface area contributed by atoms with Crippen LogP contribution in [0.1, 0.15) is 12.6 Å². The zero-order chi connectivity index (χ0) is 9.84. The van der Waals surface area contributed by atoms with E-state index in [1.54, 1.807) is 13.8 Å². The molecule has 0 fully saturated rings. The Bertz CT molecular complexity index is 351. The molecule has 0 saturated heterocycles. The van der Waals surface area contributed by atoms with Gasteiger partial charge in [-0.15, -0.1) is 0 Å². The molecule has 72 valence electrons. The third kappa shape index (κ3) is 2.47. The van der Waals surface area contributed by atoms with Crippen molar-refractivity contribution in [3.63, 3.8) is 0 Å². The minimum Gasteiger partial charge on any atom is -0.465 e. The number of hydrogen-bond donors (Lipinski definition) is 1. The Balaban J connectivity index is 2.69. The predicted octanol–water partition coefficient (Wildman–Crippen LogP) is 0.0479. The van der Waals surface area contributed by atoms with E-state index in [1.807, 2.05) is 0 Å². The maximum Gasteiger partial charge on any atom is 0.327 e. The predicted molar refractivity (Wildman–Crippen MR) is 46.4 cm³/mol. The van der Waals surface area contributed by atoms with Crippen LogP contribution in [0.15, 0.2) is 10.9 Å². The van der Waals surface area contributed by atoms with E-state index in [9.17, 15) is 9.59 Å². The van der Waals surface area contributed by atoms with Gasteiger partial charge in [-0.05, 0) is 13.8 Å². The molecule has 1 aromatic rings. The van der Waals surface area contributed by atoms with Gasteiger partial charge in [0.15, 0.2) is 0 Å². The first-order chi connectivity index (χ1) is 6.13. The van der Waals surface area contributed by atoms with Crippen molar-refractivity contribution in [3.05, 3.63) is 22.1 Å². The number of nitrogens with zero attached hydrogens (tertiary/aromatic N) is 1. The fraction of sp³-hybridized carbons (Fsp3) is 0.500. The van der Waals surface area contributed by atoms with Crippen LogP contribution in [0.3, 0.4) is 0 Å². The Morgan fingerprint density at radius 2 is 2.38 bits per heavy atom. The van der Waals surface area contributed by atoms with Crippen LogP contribution < -0.4 is 5.56 Å². The van der Waals surface area contributed by atoms with Gasteiger partial charge in [-0.25, -0.2) is 4.68 Å². The van der Waals surface area contributed by atoms with Crippen molar-refractivity contribution < 1.29 is 9.53 Å². The molecule has 5 nitrogen and oxygen atoms in total. The molecule has 0 aromatic carbocycles. The number of rotatable bonds is 3. The third-order valence-electron chi connectivity index (χ3n) is 1.51. The zero-order valence-corrected chi connectivity index (χ0v) is 7.66. The SMILES string of the molecule is CCOC(=O)Cn1[nH]c(C)cc1=O. The summed E-state index contributed by atoms with van der Waals surface area (Å²) < 4.78 is 5.91. The Labute approximate surface area is 75.3 Å². The van der Waals surface area contributed by atoms with Crippen LogP contribution in [0.25, 0.3) is 0 Å². The Hall–Kier alpha value is -1.52. The largest absolute Gasteiger partial charge is 0.465 e. The summed E-state index contributed by atoms with van der Waals surface area (Å²) in [6.07, 6.45) is 0. The van der Waals surface area contributed by atoms with Crippen molar-refractivity contribution >= 4 is 5.97 Å². The maximum absolute atomic E-state index is 11.1. The minimum atomic E-state index is -0.411. The number of ether oxygens (including phenoxy) is 1. The van der Waals surface area contributed by atoms with Crippen molar-refractivity contribution in [3.8, 4) is 0 Å². The number of aryl methyl sites for hydroxylation is 1. The highest BCUT2D eigenvalue weighted by molar-refractivity contribution is 5.68. The van der Waals surface area contributed by atoms with E-state index in [1.165, 1.54) is 10.7 Å². The van der Waals surface area contributed by atoms with Gasteiger partial charge >= 0.3 is 5.97 Å². The van der Waals surface area contributed by atoms with E-state index in [-0.39, 0.29) is 12.1 Å². The smallest absolute Gasteiger partial charge is 0.327 e. The lowest BCUT2D eigenvalue weighted by atomic mass is 10.5. The topological polar surface area (TPSA) is 64.1 Å². The highest BCUT2D eigenvalue weighted by Crippen LogP contribution is 1.87. The average Bonchev–Trinajstić information content (AvgIpc) is 2.30. The first-order valence-electron chi connectivity index (χ1n) is 4.05. The molecule has 0 amide bonds. The average molecular weight is 184 g/mol. The molecule has 0 spiro atoms. The Morgan fingerprint density at radius 1 is 1.69 bits per heavy atom. The lowest BCUT2D eigenvalue weighted by Crippen LogP contribution is -2.22. The van der Waals surface area contributed by atoms with E-state index >= 15 is 0 Å². The molecule has 0 unspecified atom stereocenters.